The fourth-order valence-corrected chi connectivity index (χ4v) is 3.74. The Morgan fingerprint density at radius 3 is 2.54 bits per heavy atom. The minimum atomic E-state index is 0.555. The van der Waals surface area contributed by atoms with Crippen molar-refractivity contribution in [2.45, 2.75) is 31.7 Å². The maximum Gasteiger partial charge on any atom is 0.203 e. The lowest BCUT2D eigenvalue weighted by molar-refractivity contribution is 0.353. The van der Waals surface area contributed by atoms with Crippen LogP contribution >= 0.6 is 0 Å². The van der Waals surface area contributed by atoms with Crippen molar-refractivity contribution < 1.29 is 9.47 Å². The quantitative estimate of drug-likeness (QED) is 0.720. The highest BCUT2D eigenvalue weighted by Gasteiger charge is 2.30. The van der Waals surface area contributed by atoms with Crippen LogP contribution in [-0.2, 0) is 13.0 Å². The Balaban J connectivity index is 1.52. The van der Waals surface area contributed by atoms with Gasteiger partial charge < -0.3 is 14.4 Å². The molecule has 0 unspecified atom stereocenters. The van der Waals surface area contributed by atoms with Crippen LogP contribution in [0.3, 0.4) is 0 Å². The van der Waals surface area contributed by atoms with Crippen molar-refractivity contribution in [1.82, 2.24) is 19.6 Å². The molecule has 0 amide bonds. The van der Waals surface area contributed by atoms with Gasteiger partial charge in [-0.2, -0.15) is 0 Å². The number of aromatic nitrogens is 4. The molecule has 7 heteroatoms. The second-order valence-electron chi connectivity index (χ2n) is 6.92. The van der Waals surface area contributed by atoms with Gasteiger partial charge in [0, 0.05) is 31.4 Å². The summed E-state index contributed by atoms with van der Waals surface area (Å²) in [6.45, 7) is 1.66. The van der Waals surface area contributed by atoms with Gasteiger partial charge in [0.1, 0.15) is 5.82 Å². The van der Waals surface area contributed by atoms with Gasteiger partial charge in [0.2, 0.25) is 5.65 Å². The third kappa shape index (κ3) is 2.38. The molecule has 1 aliphatic carbocycles. The van der Waals surface area contributed by atoms with E-state index in [-0.39, 0.29) is 0 Å². The summed E-state index contributed by atoms with van der Waals surface area (Å²) in [6, 6.07) is 4.15. The topological polar surface area (TPSA) is 64.8 Å². The van der Waals surface area contributed by atoms with E-state index in [9.17, 15) is 0 Å². The van der Waals surface area contributed by atoms with Crippen molar-refractivity contribution >= 4 is 11.5 Å². The van der Waals surface area contributed by atoms with Gasteiger partial charge in [0.25, 0.3) is 0 Å². The van der Waals surface area contributed by atoms with Crippen LogP contribution in [0.1, 0.15) is 35.7 Å². The van der Waals surface area contributed by atoms with Crippen molar-refractivity contribution in [3.05, 3.63) is 41.5 Å². The second kappa shape index (κ2) is 5.86. The van der Waals surface area contributed by atoms with E-state index >= 15 is 0 Å². The Labute approximate surface area is 151 Å². The van der Waals surface area contributed by atoms with Crippen molar-refractivity contribution in [2.75, 3.05) is 25.7 Å². The van der Waals surface area contributed by atoms with Crippen molar-refractivity contribution in [1.29, 1.82) is 0 Å². The highest BCUT2D eigenvalue weighted by Crippen LogP contribution is 2.40. The highest BCUT2D eigenvalue weighted by molar-refractivity contribution is 5.65. The standard InChI is InChI=1S/C19H21N5O2/c1-25-15-9-13-5-7-23(11-14(13)10-16(15)26-2)18-19-22-21-17(12-3-4-12)24(19)8-6-20-18/h6,8-10,12H,3-5,7,11H2,1-2H3. The van der Waals surface area contributed by atoms with E-state index in [1.807, 2.05) is 12.4 Å². The monoisotopic (exact) mass is 351 g/mol. The Kier molecular flexibility index (Phi) is 3.48. The molecular formula is C19H21N5O2. The average molecular weight is 351 g/mol. The fraction of sp³-hybridized carbons (Fsp3) is 0.421. The predicted molar refractivity (Wildman–Crippen MR) is 97.1 cm³/mol. The number of hydrogen-bond donors (Lipinski definition) is 0. The maximum atomic E-state index is 5.46. The summed E-state index contributed by atoms with van der Waals surface area (Å²) >= 11 is 0. The van der Waals surface area contributed by atoms with Gasteiger partial charge in [-0.1, -0.05) is 0 Å². The first-order valence-corrected chi connectivity index (χ1v) is 8.97. The first kappa shape index (κ1) is 15.4. The molecule has 134 valence electrons. The highest BCUT2D eigenvalue weighted by atomic mass is 16.5. The number of benzene rings is 1. The lowest BCUT2D eigenvalue weighted by Crippen LogP contribution is -2.31. The first-order chi connectivity index (χ1) is 12.8. The van der Waals surface area contributed by atoms with E-state index in [2.05, 4.69) is 36.6 Å². The van der Waals surface area contributed by atoms with Crippen molar-refractivity contribution in [3.8, 4) is 11.5 Å². The number of hydrogen-bond acceptors (Lipinski definition) is 6. The summed E-state index contributed by atoms with van der Waals surface area (Å²) in [6.07, 6.45) is 7.16. The van der Waals surface area contributed by atoms with Crippen LogP contribution in [-0.4, -0.2) is 40.3 Å². The number of nitrogens with zero attached hydrogens (tertiary/aromatic N) is 5. The Morgan fingerprint density at radius 2 is 1.81 bits per heavy atom. The number of ether oxygens (including phenoxy) is 2. The van der Waals surface area contributed by atoms with Crippen LogP contribution in [0.5, 0.6) is 11.5 Å². The van der Waals surface area contributed by atoms with Gasteiger partial charge in [-0.25, -0.2) is 4.98 Å². The van der Waals surface area contributed by atoms with Crippen LogP contribution in [0.15, 0.2) is 24.5 Å². The Morgan fingerprint density at radius 1 is 1.04 bits per heavy atom. The molecule has 0 spiro atoms. The zero-order valence-electron chi connectivity index (χ0n) is 15.0. The number of rotatable bonds is 4. The molecule has 3 aromatic rings. The summed E-state index contributed by atoms with van der Waals surface area (Å²) in [5, 5.41) is 8.85. The molecule has 0 N–H and O–H groups in total. The molecule has 1 aliphatic heterocycles. The Hall–Kier alpha value is -2.83. The largest absolute Gasteiger partial charge is 0.493 e. The average Bonchev–Trinajstić information content (AvgIpc) is 3.44. The molecule has 1 fully saturated rings. The summed E-state index contributed by atoms with van der Waals surface area (Å²) in [5.74, 6) is 4.06. The molecule has 7 nitrogen and oxygen atoms in total. The second-order valence-corrected chi connectivity index (χ2v) is 6.92. The normalized spacial score (nSPS) is 16.6. The molecule has 26 heavy (non-hydrogen) atoms. The van der Waals surface area contributed by atoms with E-state index < -0.39 is 0 Å². The van der Waals surface area contributed by atoms with E-state index in [4.69, 9.17) is 9.47 Å². The molecule has 0 atom stereocenters. The predicted octanol–water partition coefficient (Wildman–Crippen LogP) is 2.58. The zero-order chi connectivity index (χ0) is 17.7. The van der Waals surface area contributed by atoms with Gasteiger partial charge in [0.15, 0.2) is 17.3 Å². The van der Waals surface area contributed by atoms with Gasteiger partial charge in [-0.05, 0) is 42.5 Å². The van der Waals surface area contributed by atoms with Gasteiger partial charge >= 0.3 is 0 Å². The lowest BCUT2D eigenvalue weighted by atomic mass is 9.99. The third-order valence-electron chi connectivity index (χ3n) is 5.29. The number of methoxy groups -OCH3 is 2. The molecule has 0 radical (unpaired) electrons. The molecule has 1 aromatic carbocycles. The lowest BCUT2D eigenvalue weighted by Gasteiger charge is -2.30. The van der Waals surface area contributed by atoms with Crippen LogP contribution in [0.2, 0.25) is 0 Å². The molecule has 1 saturated carbocycles. The summed E-state index contributed by atoms with van der Waals surface area (Å²) in [4.78, 5) is 6.89. The fourth-order valence-electron chi connectivity index (χ4n) is 3.74. The number of fused-ring (bicyclic) bond motifs is 2. The van der Waals surface area contributed by atoms with E-state index in [1.165, 1.54) is 24.0 Å². The van der Waals surface area contributed by atoms with Crippen LogP contribution < -0.4 is 14.4 Å². The molecule has 0 bridgehead atoms. The van der Waals surface area contributed by atoms with Crippen molar-refractivity contribution in [3.63, 3.8) is 0 Å². The third-order valence-corrected chi connectivity index (χ3v) is 5.29. The molecule has 5 rings (SSSR count). The molecule has 0 saturated heterocycles. The van der Waals surface area contributed by atoms with E-state index in [0.717, 1.165) is 48.3 Å². The van der Waals surface area contributed by atoms with Gasteiger partial charge in [0.05, 0.1) is 14.2 Å². The smallest absolute Gasteiger partial charge is 0.203 e. The van der Waals surface area contributed by atoms with E-state index in [1.54, 1.807) is 14.2 Å². The summed E-state index contributed by atoms with van der Waals surface area (Å²) in [5.41, 5.74) is 3.38. The van der Waals surface area contributed by atoms with Gasteiger partial charge in [-0.3, -0.25) is 4.40 Å². The van der Waals surface area contributed by atoms with Crippen LogP contribution in [0, 0.1) is 0 Å². The first-order valence-electron chi connectivity index (χ1n) is 8.97. The zero-order valence-corrected chi connectivity index (χ0v) is 15.0. The molecule has 2 aliphatic rings. The SMILES string of the molecule is COc1cc2c(cc1OC)CN(c1nccn3c(C4CC4)nnc13)CC2. The summed E-state index contributed by atoms with van der Waals surface area (Å²) < 4.78 is 13.0. The Bertz CT molecular complexity index is 979. The minimum Gasteiger partial charge on any atom is -0.493 e. The van der Waals surface area contributed by atoms with Crippen molar-refractivity contribution in [2.24, 2.45) is 0 Å². The van der Waals surface area contributed by atoms with Crippen LogP contribution in [0.25, 0.3) is 5.65 Å². The van der Waals surface area contributed by atoms with Crippen LogP contribution in [0.4, 0.5) is 5.82 Å². The summed E-state index contributed by atoms with van der Waals surface area (Å²) in [7, 11) is 3.34. The molecule has 2 aromatic heterocycles. The molecule has 3 heterocycles. The minimum absolute atomic E-state index is 0.555. The maximum absolute atomic E-state index is 5.46. The molecular weight excluding hydrogens is 330 g/mol. The number of anilines is 1. The van der Waals surface area contributed by atoms with Gasteiger partial charge in [-0.15, -0.1) is 10.2 Å². The van der Waals surface area contributed by atoms with E-state index in [0.29, 0.717) is 5.92 Å².